The van der Waals surface area contributed by atoms with E-state index in [1.807, 2.05) is 0 Å². The first-order chi connectivity index (χ1) is 16.4. The maximum atomic E-state index is 12.9. The SMILES string of the molecule is COC(=O)c1ccc(OC(=O)c2ccc(NC3=C(Cl)C(=O)N(C4CCCCC4)C3=O)cc2)cc1. The number of nitrogens with zero attached hydrogens (tertiary/aromatic N) is 1. The van der Waals surface area contributed by atoms with E-state index < -0.39 is 23.8 Å². The van der Waals surface area contributed by atoms with Gasteiger partial charge in [-0.25, -0.2) is 9.59 Å². The van der Waals surface area contributed by atoms with Crippen molar-refractivity contribution in [1.82, 2.24) is 4.90 Å². The van der Waals surface area contributed by atoms with Gasteiger partial charge in [0.15, 0.2) is 0 Å². The number of ether oxygens (including phenoxy) is 2. The molecule has 1 aliphatic heterocycles. The first-order valence-corrected chi connectivity index (χ1v) is 11.3. The first kappa shape index (κ1) is 23.5. The fraction of sp³-hybridized carbons (Fsp3) is 0.280. The number of carbonyl (C=O) groups is 4. The number of rotatable bonds is 6. The van der Waals surface area contributed by atoms with E-state index in [1.165, 1.54) is 48.4 Å². The monoisotopic (exact) mass is 482 g/mol. The van der Waals surface area contributed by atoms with Crippen molar-refractivity contribution in [3.8, 4) is 5.75 Å². The van der Waals surface area contributed by atoms with Crippen LogP contribution < -0.4 is 10.1 Å². The summed E-state index contributed by atoms with van der Waals surface area (Å²) in [6.07, 6.45) is 4.64. The van der Waals surface area contributed by atoms with E-state index in [4.69, 9.17) is 16.3 Å². The molecule has 1 fully saturated rings. The van der Waals surface area contributed by atoms with Crippen LogP contribution in [-0.4, -0.2) is 41.8 Å². The number of benzene rings is 2. The standard InChI is InChI=1S/C25H23ClN2O6/c1-33-24(31)15-9-13-19(14-10-15)34-25(32)16-7-11-17(12-8-16)27-21-20(26)22(29)28(23(21)30)18-5-3-2-4-6-18/h7-14,18,27H,2-6H2,1H3. The van der Waals surface area contributed by atoms with Crippen molar-refractivity contribution < 1.29 is 28.7 Å². The van der Waals surface area contributed by atoms with Crippen molar-refractivity contribution in [1.29, 1.82) is 0 Å². The predicted molar refractivity (Wildman–Crippen MR) is 124 cm³/mol. The van der Waals surface area contributed by atoms with Crippen LogP contribution in [0.1, 0.15) is 52.8 Å². The van der Waals surface area contributed by atoms with Gasteiger partial charge in [-0.1, -0.05) is 30.9 Å². The number of methoxy groups -OCH3 is 1. The highest BCUT2D eigenvalue weighted by molar-refractivity contribution is 6.48. The number of amides is 2. The summed E-state index contributed by atoms with van der Waals surface area (Å²) in [6, 6.07) is 12.1. The predicted octanol–water partition coefficient (Wildman–Crippen LogP) is 4.26. The third-order valence-electron chi connectivity index (χ3n) is 5.87. The number of hydrogen-bond acceptors (Lipinski definition) is 7. The van der Waals surface area contributed by atoms with E-state index in [-0.39, 0.29) is 28.1 Å². The number of esters is 2. The Kier molecular flexibility index (Phi) is 6.98. The van der Waals surface area contributed by atoms with Crippen LogP contribution in [0.2, 0.25) is 0 Å². The fourth-order valence-corrected chi connectivity index (χ4v) is 4.29. The van der Waals surface area contributed by atoms with Crippen molar-refractivity contribution >= 4 is 41.0 Å². The van der Waals surface area contributed by atoms with Crippen molar-refractivity contribution in [3.63, 3.8) is 0 Å². The maximum Gasteiger partial charge on any atom is 0.343 e. The van der Waals surface area contributed by atoms with Gasteiger partial charge in [-0.2, -0.15) is 0 Å². The average Bonchev–Trinajstić information content (AvgIpc) is 3.07. The Bertz CT molecular complexity index is 1150. The molecule has 2 amide bonds. The fourth-order valence-electron chi connectivity index (χ4n) is 4.08. The molecule has 0 saturated heterocycles. The first-order valence-electron chi connectivity index (χ1n) is 10.9. The normalized spacial score (nSPS) is 16.6. The van der Waals surface area contributed by atoms with Gasteiger partial charge in [0.2, 0.25) is 0 Å². The molecule has 1 saturated carbocycles. The Morgan fingerprint density at radius 3 is 2.09 bits per heavy atom. The lowest BCUT2D eigenvalue weighted by Gasteiger charge is -2.29. The molecule has 0 unspecified atom stereocenters. The van der Waals surface area contributed by atoms with Crippen molar-refractivity contribution in [2.24, 2.45) is 0 Å². The highest BCUT2D eigenvalue weighted by atomic mass is 35.5. The van der Waals surface area contributed by atoms with E-state index >= 15 is 0 Å². The van der Waals surface area contributed by atoms with E-state index in [0.29, 0.717) is 11.3 Å². The molecular formula is C25H23ClN2O6. The molecule has 8 nitrogen and oxygen atoms in total. The number of imide groups is 1. The number of anilines is 1. The molecule has 1 heterocycles. The molecule has 1 aliphatic carbocycles. The van der Waals surface area contributed by atoms with Crippen LogP contribution in [-0.2, 0) is 14.3 Å². The Morgan fingerprint density at radius 1 is 0.882 bits per heavy atom. The summed E-state index contributed by atoms with van der Waals surface area (Å²) >= 11 is 6.20. The molecule has 4 rings (SSSR count). The van der Waals surface area contributed by atoms with Crippen LogP contribution in [0, 0.1) is 0 Å². The van der Waals surface area contributed by atoms with Gasteiger partial charge in [0.1, 0.15) is 16.5 Å². The van der Waals surface area contributed by atoms with Gasteiger partial charge >= 0.3 is 11.9 Å². The summed E-state index contributed by atoms with van der Waals surface area (Å²) in [5.74, 6) is -1.71. The molecule has 176 valence electrons. The van der Waals surface area contributed by atoms with Gasteiger partial charge < -0.3 is 14.8 Å². The number of carbonyl (C=O) groups excluding carboxylic acids is 4. The highest BCUT2D eigenvalue weighted by Gasteiger charge is 2.42. The van der Waals surface area contributed by atoms with E-state index in [2.05, 4.69) is 10.1 Å². The molecule has 0 atom stereocenters. The minimum absolute atomic E-state index is 0.0401. The van der Waals surface area contributed by atoms with E-state index in [9.17, 15) is 19.2 Å². The van der Waals surface area contributed by atoms with Gasteiger partial charge in [-0.3, -0.25) is 14.5 Å². The topological polar surface area (TPSA) is 102 Å². The van der Waals surface area contributed by atoms with Crippen LogP contribution in [0.25, 0.3) is 0 Å². The van der Waals surface area contributed by atoms with E-state index in [0.717, 1.165) is 32.1 Å². The van der Waals surface area contributed by atoms with E-state index in [1.54, 1.807) is 12.1 Å². The maximum absolute atomic E-state index is 12.9. The molecule has 0 aromatic heterocycles. The summed E-state index contributed by atoms with van der Waals surface area (Å²) < 4.78 is 9.96. The van der Waals surface area contributed by atoms with Crippen molar-refractivity contribution in [2.45, 2.75) is 38.1 Å². The lowest BCUT2D eigenvalue weighted by Crippen LogP contribution is -2.42. The summed E-state index contributed by atoms with van der Waals surface area (Å²) in [4.78, 5) is 50.7. The largest absolute Gasteiger partial charge is 0.465 e. The van der Waals surface area contributed by atoms with Gasteiger partial charge in [0.25, 0.3) is 11.8 Å². The Morgan fingerprint density at radius 2 is 1.47 bits per heavy atom. The summed E-state index contributed by atoms with van der Waals surface area (Å²) in [5.41, 5.74) is 1.16. The summed E-state index contributed by atoms with van der Waals surface area (Å²) in [6.45, 7) is 0. The van der Waals surface area contributed by atoms with Gasteiger partial charge in [-0.05, 0) is 61.4 Å². The summed E-state index contributed by atoms with van der Waals surface area (Å²) in [7, 11) is 1.28. The van der Waals surface area contributed by atoms with Gasteiger partial charge in [0.05, 0.1) is 18.2 Å². The second-order valence-corrected chi connectivity index (χ2v) is 8.45. The Balaban J connectivity index is 1.40. The van der Waals surface area contributed by atoms with Crippen LogP contribution in [0.3, 0.4) is 0 Å². The second kappa shape index (κ2) is 10.1. The second-order valence-electron chi connectivity index (χ2n) is 8.07. The number of nitrogens with one attached hydrogen (secondary N) is 1. The molecule has 0 spiro atoms. The zero-order chi connectivity index (χ0) is 24.2. The third-order valence-corrected chi connectivity index (χ3v) is 6.23. The van der Waals surface area contributed by atoms with Crippen LogP contribution in [0.5, 0.6) is 5.75 Å². The average molecular weight is 483 g/mol. The van der Waals surface area contributed by atoms with Crippen molar-refractivity contribution in [3.05, 3.63) is 70.4 Å². The lowest BCUT2D eigenvalue weighted by molar-refractivity contribution is -0.140. The molecule has 0 bridgehead atoms. The molecular weight excluding hydrogens is 460 g/mol. The molecule has 2 aromatic rings. The highest BCUT2D eigenvalue weighted by Crippen LogP contribution is 2.32. The lowest BCUT2D eigenvalue weighted by atomic mass is 9.94. The van der Waals surface area contributed by atoms with Gasteiger partial charge in [-0.15, -0.1) is 0 Å². The van der Waals surface area contributed by atoms with Crippen LogP contribution in [0.15, 0.2) is 59.3 Å². The minimum atomic E-state index is -0.592. The van der Waals surface area contributed by atoms with Crippen LogP contribution >= 0.6 is 11.6 Å². The van der Waals surface area contributed by atoms with Crippen molar-refractivity contribution in [2.75, 3.05) is 12.4 Å². The van der Waals surface area contributed by atoms with Gasteiger partial charge in [0, 0.05) is 11.7 Å². The number of hydrogen-bond donors (Lipinski definition) is 1. The smallest absolute Gasteiger partial charge is 0.343 e. The minimum Gasteiger partial charge on any atom is -0.465 e. The summed E-state index contributed by atoms with van der Waals surface area (Å²) in [5, 5.41) is 2.79. The molecule has 9 heteroatoms. The molecule has 1 N–H and O–H groups in total. The zero-order valence-electron chi connectivity index (χ0n) is 18.5. The molecule has 34 heavy (non-hydrogen) atoms. The molecule has 0 radical (unpaired) electrons. The quantitative estimate of drug-likeness (QED) is 0.373. The molecule has 2 aliphatic rings. The molecule has 2 aromatic carbocycles. The number of halogens is 1. The Labute approximate surface area is 201 Å². The third kappa shape index (κ3) is 4.82. The zero-order valence-corrected chi connectivity index (χ0v) is 19.3. The Hall–Kier alpha value is -3.65. The van der Waals surface area contributed by atoms with Crippen LogP contribution in [0.4, 0.5) is 5.69 Å².